The first-order chi connectivity index (χ1) is 10.0. The molecule has 1 saturated heterocycles. The highest BCUT2D eigenvalue weighted by atomic mass is 79.9. The summed E-state index contributed by atoms with van der Waals surface area (Å²) in [5.41, 5.74) is 5.31. The van der Waals surface area contributed by atoms with E-state index in [0.29, 0.717) is 32.6 Å². The highest BCUT2D eigenvalue weighted by Gasteiger charge is 2.35. The van der Waals surface area contributed by atoms with Crippen molar-refractivity contribution in [1.29, 1.82) is 0 Å². The lowest BCUT2D eigenvalue weighted by atomic mass is 9.90. The molecule has 1 heterocycles. The SMILES string of the molecule is CC(CNC(=O)C1(N)CCOCC1)Oc1ccccc1Br.Cl. The first kappa shape index (κ1) is 19.2. The summed E-state index contributed by atoms with van der Waals surface area (Å²) < 4.78 is 11.9. The van der Waals surface area contributed by atoms with Crippen LogP contribution in [0, 0.1) is 0 Å². The number of benzene rings is 1. The number of nitrogens with one attached hydrogen (secondary N) is 1. The van der Waals surface area contributed by atoms with Crippen LogP contribution in [0.5, 0.6) is 5.75 Å². The zero-order valence-electron chi connectivity index (χ0n) is 12.5. The van der Waals surface area contributed by atoms with Gasteiger partial charge in [-0.2, -0.15) is 0 Å². The molecule has 1 aromatic rings. The molecule has 124 valence electrons. The second-order valence-corrected chi connectivity index (χ2v) is 6.19. The summed E-state index contributed by atoms with van der Waals surface area (Å²) in [7, 11) is 0. The number of rotatable bonds is 5. The van der Waals surface area contributed by atoms with Crippen LogP contribution >= 0.6 is 28.3 Å². The second-order valence-electron chi connectivity index (χ2n) is 5.34. The van der Waals surface area contributed by atoms with E-state index >= 15 is 0 Å². The molecule has 1 amide bonds. The van der Waals surface area contributed by atoms with Gasteiger partial charge in [-0.3, -0.25) is 4.79 Å². The van der Waals surface area contributed by atoms with Gasteiger partial charge in [-0.05, 0) is 47.8 Å². The summed E-state index contributed by atoms with van der Waals surface area (Å²) in [5.74, 6) is 0.626. The van der Waals surface area contributed by atoms with E-state index in [2.05, 4.69) is 21.2 Å². The number of carbonyl (C=O) groups is 1. The Bertz CT molecular complexity index is 495. The quantitative estimate of drug-likeness (QED) is 0.805. The lowest BCUT2D eigenvalue weighted by Crippen LogP contribution is -2.57. The van der Waals surface area contributed by atoms with E-state index < -0.39 is 5.54 Å². The molecule has 0 saturated carbocycles. The molecule has 2 rings (SSSR count). The maximum Gasteiger partial charge on any atom is 0.240 e. The van der Waals surface area contributed by atoms with Gasteiger partial charge in [0, 0.05) is 13.2 Å². The molecule has 0 bridgehead atoms. The van der Waals surface area contributed by atoms with Gasteiger partial charge in [0.15, 0.2) is 0 Å². The number of ether oxygens (including phenoxy) is 2. The van der Waals surface area contributed by atoms with Gasteiger partial charge in [-0.1, -0.05) is 12.1 Å². The Balaban J connectivity index is 0.00000242. The van der Waals surface area contributed by atoms with Crippen LogP contribution < -0.4 is 15.8 Å². The molecule has 22 heavy (non-hydrogen) atoms. The lowest BCUT2D eigenvalue weighted by molar-refractivity contribution is -0.130. The van der Waals surface area contributed by atoms with Gasteiger partial charge in [0.1, 0.15) is 11.9 Å². The van der Waals surface area contributed by atoms with E-state index in [0.717, 1.165) is 10.2 Å². The standard InChI is InChI=1S/C15H21BrN2O3.ClH/c1-11(21-13-5-3-2-4-12(13)16)10-18-14(19)15(17)6-8-20-9-7-15;/h2-5,11H,6-10,17H2,1H3,(H,18,19);1H. The lowest BCUT2D eigenvalue weighted by Gasteiger charge is -2.32. The molecule has 7 heteroatoms. The topological polar surface area (TPSA) is 73.6 Å². The highest BCUT2D eigenvalue weighted by molar-refractivity contribution is 9.10. The van der Waals surface area contributed by atoms with Crippen LogP contribution in [-0.4, -0.2) is 37.3 Å². The molecule has 1 fully saturated rings. The number of hydrogen-bond acceptors (Lipinski definition) is 4. The predicted molar refractivity (Wildman–Crippen MR) is 91.5 cm³/mol. The molecule has 0 radical (unpaired) electrons. The van der Waals surface area contributed by atoms with Crippen LogP contribution in [0.1, 0.15) is 19.8 Å². The minimum Gasteiger partial charge on any atom is -0.488 e. The number of halogens is 2. The minimum atomic E-state index is -0.814. The van der Waals surface area contributed by atoms with Gasteiger partial charge >= 0.3 is 0 Å². The molecule has 0 aliphatic carbocycles. The fourth-order valence-electron chi connectivity index (χ4n) is 2.17. The third-order valence-corrected chi connectivity index (χ3v) is 4.21. The van der Waals surface area contributed by atoms with Gasteiger partial charge in [-0.15, -0.1) is 12.4 Å². The second kappa shape index (κ2) is 8.72. The minimum absolute atomic E-state index is 0. The van der Waals surface area contributed by atoms with Crippen LogP contribution in [0.3, 0.4) is 0 Å². The Morgan fingerprint density at radius 1 is 1.45 bits per heavy atom. The number of amides is 1. The fourth-order valence-corrected chi connectivity index (χ4v) is 2.55. The molecule has 1 aliphatic heterocycles. The van der Waals surface area contributed by atoms with E-state index in [1.807, 2.05) is 31.2 Å². The molecule has 0 aromatic heterocycles. The Morgan fingerprint density at radius 2 is 2.09 bits per heavy atom. The third kappa shape index (κ3) is 5.12. The van der Waals surface area contributed by atoms with Gasteiger partial charge < -0.3 is 20.5 Å². The highest BCUT2D eigenvalue weighted by Crippen LogP contribution is 2.24. The molecule has 5 nitrogen and oxygen atoms in total. The van der Waals surface area contributed by atoms with Crippen LogP contribution in [0.15, 0.2) is 28.7 Å². The summed E-state index contributed by atoms with van der Waals surface area (Å²) in [5, 5.41) is 2.87. The monoisotopic (exact) mass is 392 g/mol. The zero-order chi connectivity index (χ0) is 15.3. The van der Waals surface area contributed by atoms with E-state index in [4.69, 9.17) is 15.2 Å². The summed E-state index contributed by atoms with van der Waals surface area (Å²) in [4.78, 5) is 12.2. The zero-order valence-corrected chi connectivity index (χ0v) is 14.9. The van der Waals surface area contributed by atoms with Gasteiger partial charge in [0.05, 0.1) is 16.6 Å². The van der Waals surface area contributed by atoms with Crippen molar-refractivity contribution in [2.75, 3.05) is 19.8 Å². The normalized spacial score (nSPS) is 18.0. The van der Waals surface area contributed by atoms with E-state index in [1.54, 1.807) is 0 Å². The maximum atomic E-state index is 12.2. The average Bonchev–Trinajstić information content (AvgIpc) is 2.48. The smallest absolute Gasteiger partial charge is 0.240 e. The maximum absolute atomic E-state index is 12.2. The van der Waals surface area contributed by atoms with Crippen molar-refractivity contribution >= 4 is 34.2 Å². The van der Waals surface area contributed by atoms with Crippen molar-refractivity contribution in [3.8, 4) is 5.75 Å². The summed E-state index contributed by atoms with van der Waals surface area (Å²) >= 11 is 3.43. The largest absolute Gasteiger partial charge is 0.488 e. The first-order valence-corrected chi connectivity index (χ1v) is 7.87. The van der Waals surface area contributed by atoms with Crippen molar-refractivity contribution < 1.29 is 14.3 Å². The number of hydrogen-bond donors (Lipinski definition) is 2. The van der Waals surface area contributed by atoms with Crippen molar-refractivity contribution in [1.82, 2.24) is 5.32 Å². The first-order valence-electron chi connectivity index (χ1n) is 7.07. The van der Waals surface area contributed by atoms with Crippen molar-refractivity contribution in [2.45, 2.75) is 31.4 Å². The Hall–Kier alpha value is -0.820. The molecule has 1 aromatic carbocycles. The van der Waals surface area contributed by atoms with Gasteiger partial charge in [0.25, 0.3) is 0 Å². The van der Waals surface area contributed by atoms with E-state index in [9.17, 15) is 4.79 Å². The van der Waals surface area contributed by atoms with Crippen molar-refractivity contribution in [2.24, 2.45) is 5.73 Å². The Labute approximate surface area is 145 Å². The fraction of sp³-hybridized carbons (Fsp3) is 0.533. The molecular weight excluding hydrogens is 372 g/mol. The van der Waals surface area contributed by atoms with Crippen LogP contribution in [0.4, 0.5) is 0 Å². The molecule has 3 N–H and O–H groups in total. The van der Waals surface area contributed by atoms with E-state index in [1.165, 1.54) is 0 Å². The third-order valence-electron chi connectivity index (χ3n) is 3.55. The molecular formula is C15H22BrClN2O3. The summed E-state index contributed by atoms with van der Waals surface area (Å²) in [6.45, 7) is 3.40. The Morgan fingerprint density at radius 3 is 2.73 bits per heavy atom. The van der Waals surface area contributed by atoms with E-state index in [-0.39, 0.29) is 24.4 Å². The molecule has 1 unspecified atom stereocenters. The van der Waals surface area contributed by atoms with Crippen molar-refractivity contribution in [3.63, 3.8) is 0 Å². The van der Waals surface area contributed by atoms with Gasteiger partial charge in [0.2, 0.25) is 5.91 Å². The molecule has 1 aliphatic rings. The molecule has 0 spiro atoms. The van der Waals surface area contributed by atoms with Crippen molar-refractivity contribution in [3.05, 3.63) is 28.7 Å². The van der Waals surface area contributed by atoms with Crippen LogP contribution in [0.25, 0.3) is 0 Å². The molecule has 1 atom stereocenters. The van der Waals surface area contributed by atoms with Gasteiger partial charge in [-0.25, -0.2) is 0 Å². The van der Waals surface area contributed by atoms with Crippen LogP contribution in [0.2, 0.25) is 0 Å². The Kier molecular flexibility index (Phi) is 7.62. The predicted octanol–water partition coefficient (Wildman–Crippen LogP) is 2.26. The van der Waals surface area contributed by atoms with Crippen LogP contribution in [-0.2, 0) is 9.53 Å². The summed E-state index contributed by atoms with van der Waals surface area (Å²) in [6, 6.07) is 7.62. The summed E-state index contributed by atoms with van der Waals surface area (Å²) in [6.07, 6.45) is 0.965. The number of carbonyl (C=O) groups excluding carboxylic acids is 1. The average molecular weight is 394 g/mol. The number of para-hydroxylation sites is 1. The number of nitrogens with two attached hydrogens (primary N) is 1.